The van der Waals surface area contributed by atoms with Crippen LogP contribution >= 0.6 is 0 Å². The highest BCUT2D eigenvalue weighted by Gasteiger charge is 2.31. The molecule has 0 radical (unpaired) electrons. The molecule has 7 nitrogen and oxygen atoms in total. The number of carbonyl (C=O) groups is 2. The maximum atomic E-state index is 12.7. The van der Waals surface area contributed by atoms with Gasteiger partial charge in [-0.3, -0.25) is 14.4 Å². The van der Waals surface area contributed by atoms with E-state index in [2.05, 4.69) is 10.4 Å². The van der Waals surface area contributed by atoms with Gasteiger partial charge in [-0.2, -0.15) is 5.10 Å². The number of aromatic nitrogens is 2. The Bertz CT molecular complexity index is 907. The van der Waals surface area contributed by atoms with Crippen LogP contribution in [0.1, 0.15) is 31.7 Å². The number of likely N-dealkylation sites (tertiary alicyclic amines) is 1. The molecule has 2 aliphatic heterocycles. The van der Waals surface area contributed by atoms with Gasteiger partial charge in [0, 0.05) is 37.7 Å². The number of benzene rings is 1. The van der Waals surface area contributed by atoms with Crippen LogP contribution < -0.4 is 10.9 Å². The minimum Gasteiger partial charge on any atom is -0.355 e. The van der Waals surface area contributed by atoms with E-state index < -0.39 is 0 Å². The van der Waals surface area contributed by atoms with Crippen LogP contribution in [-0.2, 0) is 9.59 Å². The van der Waals surface area contributed by atoms with Gasteiger partial charge >= 0.3 is 0 Å². The lowest BCUT2D eigenvalue weighted by molar-refractivity contribution is -0.138. The summed E-state index contributed by atoms with van der Waals surface area (Å²) in [4.78, 5) is 38.2. The molecule has 0 saturated carbocycles. The van der Waals surface area contributed by atoms with Gasteiger partial charge < -0.3 is 10.2 Å². The van der Waals surface area contributed by atoms with Crippen molar-refractivity contribution in [3.8, 4) is 11.3 Å². The first-order valence-corrected chi connectivity index (χ1v) is 9.82. The van der Waals surface area contributed by atoms with E-state index in [1.165, 1.54) is 0 Å². The lowest BCUT2D eigenvalue weighted by Crippen LogP contribution is -2.48. The molecule has 2 amide bonds. The maximum absolute atomic E-state index is 12.7. The largest absolute Gasteiger partial charge is 0.355 e. The Labute approximate surface area is 163 Å². The summed E-state index contributed by atoms with van der Waals surface area (Å²) < 4.78 is 1.57. The molecule has 1 N–H and O–H groups in total. The highest BCUT2D eigenvalue weighted by atomic mass is 16.2. The first-order valence-electron chi connectivity index (χ1n) is 9.82. The van der Waals surface area contributed by atoms with Gasteiger partial charge in [0.05, 0.1) is 17.7 Å². The number of nitrogens with one attached hydrogen (secondary N) is 1. The van der Waals surface area contributed by atoms with Crippen molar-refractivity contribution in [1.82, 2.24) is 20.0 Å². The molecule has 0 bridgehead atoms. The maximum Gasteiger partial charge on any atom is 0.267 e. The van der Waals surface area contributed by atoms with Gasteiger partial charge in [0.25, 0.3) is 5.56 Å². The molecule has 1 aromatic heterocycles. The topological polar surface area (TPSA) is 84.3 Å². The summed E-state index contributed by atoms with van der Waals surface area (Å²) >= 11 is 0. The van der Waals surface area contributed by atoms with Gasteiger partial charge in [-0.05, 0) is 25.3 Å². The fourth-order valence-electron chi connectivity index (χ4n) is 3.98. The first-order chi connectivity index (χ1) is 13.6. The van der Waals surface area contributed by atoms with Crippen molar-refractivity contribution in [3.63, 3.8) is 0 Å². The molecule has 4 rings (SSSR count). The van der Waals surface area contributed by atoms with E-state index in [0.717, 1.165) is 11.3 Å². The Kier molecular flexibility index (Phi) is 5.23. The number of amides is 2. The molecule has 0 spiro atoms. The molecule has 146 valence electrons. The fourth-order valence-corrected chi connectivity index (χ4v) is 3.98. The average molecular weight is 380 g/mol. The van der Waals surface area contributed by atoms with E-state index in [0.29, 0.717) is 45.3 Å². The minimum atomic E-state index is -0.128. The zero-order valence-electron chi connectivity index (χ0n) is 15.7. The Morgan fingerprint density at radius 1 is 1.00 bits per heavy atom. The van der Waals surface area contributed by atoms with Gasteiger partial charge in [0.15, 0.2) is 0 Å². The number of nitrogens with zero attached hydrogens (tertiary/aromatic N) is 3. The van der Waals surface area contributed by atoms with E-state index in [-0.39, 0.29) is 29.3 Å². The van der Waals surface area contributed by atoms with Crippen LogP contribution in [0.4, 0.5) is 0 Å². The smallest absolute Gasteiger partial charge is 0.267 e. The zero-order chi connectivity index (χ0) is 19.5. The molecule has 28 heavy (non-hydrogen) atoms. The van der Waals surface area contributed by atoms with Gasteiger partial charge in [-0.25, -0.2) is 4.68 Å². The Morgan fingerprint density at radius 2 is 1.75 bits per heavy atom. The zero-order valence-corrected chi connectivity index (χ0v) is 15.7. The Balaban J connectivity index is 1.43. The average Bonchev–Trinajstić information content (AvgIpc) is 2.75. The van der Waals surface area contributed by atoms with Crippen LogP contribution in [0.3, 0.4) is 0 Å². The van der Waals surface area contributed by atoms with Gasteiger partial charge in [-0.15, -0.1) is 0 Å². The molecular formula is C21H24N4O3. The molecule has 1 unspecified atom stereocenters. The normalized spacial score (nSPS) is 20.6. The second-order valence-electron chi connectivity index (χ2n) is 7.46. The summed E-state index contributed by atoms with van der Waals surface area (Å²) in [6, 6.07) is 13.1. The first kappa shape index (κ1) is 18.4. The Hall–Kier alpha value is -2.96. The lowest BCUT2D eigenvalue weighted by Gasteiger charge is -2.35. The summed E-state index contributed by atoms with van der Waals surface area (Å²) in [6.07, 6.45) is 2.44. The molecule has 2 aromatic rings. The number of hydrogen-bond acceptors (Lipinski definition) is 4. The van der Waals surface area contributed by atoms with Gasteiger partial charge in [-0.1, -0.05) is 30.3 Å². The Morgan fingerprint density at radius 3 is 2.43 bits per heavy atom. The van der Waals surface area contributed by atoms with Crippen molar-refractivity contribution in [2.24, 2.45) is 5.92 Å². The van der Waals surface area contributed by atoms with Crippen molar-refractivity contribution < 1.29 is 9.59 Å². The van der Waals surface area contributed by atoms with Gasteiger partial charge in [0.2, 0.25) is 11.8 Å². The molecule has 0 aliphatic carbocycles. The quantitative estimate of drug-likeness (QED) is 0.877. The van der Waals surface area contributed by atoms with Crippen LogP contribution in [0, 0.1) is 5.92 Å². The third-order valence-electron chi connectivity index (χ3n) is 5.63. The second-order valence-corrected chi connectivity index (χ2v) is 7.46. The molecule has 1 aromatic carbocycles. The SMILES string of the molecule is O=C1CCC(C(=O)N2CCC(n3nc(-c4ccccc4)ccc3=O)CC2)CN1. The minimum absolute atomic E-state index is 0.00808. The van der Waals surface area contributed by atoms with E-state index in [1.807, 2.05) is 35.2 Å². The molecule has 1 atom stereocenters. The lowest BCUT2D eigenvalue weighted by atomic mass is 9.96. The van der Waals surface area contributed by atoms with Gasteiger partial charge in [0.1, 0.15) is 0 Å². The monoisotopic (exact) mass is 380 g/mol. The van der Waals surface area contributed by atoms with Crippen LogP contribution in [0.2, 0.25) is 0 Å². The summed E-state index contributed by atoms with van der Waals surface area (Å²) in [5.74, 6) is -0.000181. The molecule has 3 heterocycles. The summed E-state index contributed by atoms with van der Waals surface area (Å²) in [7, 11) is 0. The molecule has 2 saturated heterocycles. The highest BCUT2D eigenvalue weighted by molar-refractivity contribution is 5.83. The van der Waals surface area contributed by atoms with Crippen LogP contribution in [0.15, 0.2) is 47.3 Å². The van der Waals surface area contributed by atoms with Crippen LogP contribution in [0.25, 0.3) is 11.3 Å². The third-order valence-corrected chi connectivity index (χ3v) is 5.63. The van der Waals surface area contributed by atoms with E-state index >= 15 is 0 Å². The molecular weight excluding hydrogens is 356 g/mol. The molecule has 7 heteroatoms. The van der Waals surface area contributed by atoms with Crippen molar-refractivity contribution in [2.45, 2.75) is 31.7 Å². The number of rotatable bonds is 3. The van der Waals surface area contributed by atoms with Crippen molar-refractivity contribution >= 4 is 11.8 Å². The highest BCUT2D eigenvalue weighted by Crippen LogP contribution is 2.24. The van der Waals surface area contributed by atoms with Crippen LogP contribution in [0.5, 0.6) is 0 Å². The van der Waals surface area contributed by atoms with E-state index in [4.69, 9.17) is 0 Å². The van der Waals surface area contributed by atoms with Crippen molar-refractivity contribution in [2.75, 3.05) is 19.6 Å². The van der Waals surface area contributed by atoms with Crippen molar-refractivity contribution in [1.29, 1.82) is 0 Å². The number of piperidine rings is 2. The fraction of sp³-hybridized carbons (Fsp3) is 0.429. The third kappa shape index (κ3) is 3.83. The number of carbonyl (C=O) groups excluding carboxylic acids is 2. The second kappa shape index (κ2) is 7.96. The number of hydrogen-bond donors (Lipinski definition) is 1. The summed E-state index contributed by atoms with van der Waals surface area (Å²) in [6.45, 7) is 1.65. The van der Waals surface area contributed by atoms with E-state index in [1.54, 1.807) is 16.8 Å². The summed E-state index contributed by atoms with van der Waals surface area (Å²) in [5, 5.41) is 7.36. The summed E-state index contributed by atoms with van der Waals surface area (Å²) in [5.41, 5.74) is 1.64. The van der Waals surface area contributed by atoms with Crippen LogP contribution in [-0.4, -0.2) is 46.1 Å². The predicted molar refractivity (Wildman–Crippen MR) is 105 cm³/mol. The standard InChI is InChI=1S/C21H24N4O3/c26-19-8-6-16(14-22-19)21(28)24-12-10-17(11-13-24)25-20(27)9-7-18(23-25)15-4-2-1-3-5-15/h1-5,7,9,16-17H,6,8,10-14H2,(H,22,26). The van der Waals surface area contributed by atoms with Crippen molar-refractivity contribution in [3.05, 3.63) is 52.8 Å². The predicted octanol–water partition coefficient (Wildman–Crippen LogP) is 1.60. The molecule has 2 fully saturated rings. The molecule has 2 aliphatic rings. The van der Waals surface area contributed by atoms with E-state index in [9.17, 15) is 14.4 Å².